The van der Waals surface area contributed by atoms with Crippen molar-refractivity contribution in [2.45, 2.75) is 6.54 Å². The van der Waals surface area contributed by atoms with E-state index in [4.69, 9.17) is 4.42 Å². The van der Waals surface area contributed by atoms with Crippen molar-refractivity contribution in [3.05, 3.63) is 54.0 Å². The van der Waals surface area contributed by atoms with Gasteiger partial charge in [-0.15, -0.1) is 0 Å². The van der Waals surface area contributed by atoms with Crippen LogP contribution in [0.5, 0.6) is 0 Å². The molecular weight excluding hydrogens is 216 g/mol. The summed E-state index contributed by atoms with van der Waals surface area (Å²) >= 11 is 0. The molecule has 4 nitrogen and oxygen atoms in total. The summed E-state index contributed by atoms with van der Waals surface area (Å²) < 4.78 is 5.02. The Balaban J connectivity index is 2.08. The van der Waals surface area contributed by atoms with Crippen molar-refractivity contribution in [1.82, 2.24) is 5.32 Å². The highest BCUT2D eigenvalue weighted by Gasteiger charge is 2.08. The number of nitrogens with one attached hydrogen (secondary N) is 2. The van der Waals surface area contributed by atoms with Gasteiger partial charge >= 0.3 is 0 Å². The zero-order chi connectivity index (χ0) is 12.1. The van der Waals surface area contributed by atoms with E-state index in [0.717, 1.165) is 17.8 Å². The number of benzene rings is 1. The van der Waals surface area contributed by atoms with Crippen LogP contribution in [0.15, 0.2) is 47.1 Å². The van der Waals surface area contributed by atoms with Gasteiger partial charge in [-0.1, -0.05) is 12.1 Å². The van der Waals surface area contributed by atoms with Crippen LogP contribution in [-0.2, 0) is 6.54 Å². The van der Waals surface area contributed by atoms with Crippen molar-refractivity contribution in [3.63, 3.8) is 0 Å². The van der Waals surface area contributed by atoms with Gasteiger partial charge in [0.25, 0.3) is 5.91 Å². The number of furan rings is 1. The number of amides is 1. The van der Waals surface area contributed by atoms with Crippen LogP contribution < -0.4 is 10.6 Å². The van der Waals surface area contributed by atoms with Gasteiger partial charge in [0.2, 0.25) is 0 Å². The highest BCUT2D eigenvalue weighted by molar-refractivity contribution is 6.02. The molecule has 2 aromatic rings. The Morgan fingerprint density at radius 1 is 1.29 bits per heavy atom. The third kappa shape index (κ3) is 2.95. The molecule has 1 heterocycles. The molecule has 4 heteroatoms. The molecule has 1 aromatic carbocycles. The fourth-order valence-electron chi connectivity index (χ4n) is 1.56. The molecule has 88 valence electrons. The van der Waals surface area contributed by atoms with Crippen LogP contribution >= 0.6 is 0 Å². The molecule has 17 heavy (non-hydrogen) atoms. The van der Waals surface area contributed by atoms with E-state index in [1.807, 2.05) is 31.3 Å². The SMILES string of the molecule is CNCc1cccc(NC(=O)c2ccco2)c1. The quantitative estimate of drug-likeness (QED) is 0.847. The molecule has 0 fully saturated rings. The normalized spacial score (nSPS) is 10.2. The minimum Gasteiger partial charge on any atom is -0.459 e. The highest BCUT2D eigenvalue weighted by atomic mass is 16.3. The lowest BCUT2D eigenvalue weighted by Crippen LogP contribution is -2.11. The van der Waals surface area contributed by atoms with Crippen LogP contribution in [0, 0.1) is 0 Å². The first-order chi connectivity index (χ1) is 8.29. The number of hydrogen-bond donors (Lipinski definition) is 2. The van der Waals surface area contributed by atoms with Gasteiger partial charge in [0.15, 0.2) is 5.76 Å². The fourth-order valence-corrected chi connectivity index (χ4v) is 1.56. The summed E-state index contributed by atoms with van der Waals surface area (Å²) in [6.45, 7) is 0.768. The van der Waals surface area contributed by atoms with Crippen LogP contribution in [0.25, 0.3) is 0 Å². The maximum atomic E-state index is 11.7. The molecule has 0 aliphatic rings. The second-order valence-corrected chi connectivity index (χ2v) is 3.66. The molecule has 0 radical (unpaired) electrons. The van der Waals surface area contributed by atoms with Gasteiger partial charge in [-0.05, 0) is 36.9 Å². The Labute approximate surface area is 99.6 Å². The largest absolute Gasteiger partial charge is 0.459 e. The van der Waals surface area contributed by atoms with Gasteiger partial charge in [-0.3, -0.25) is 4.79 Å². The van der Waals surface area contributed by atoms with Gasteiger partial charge in [0.05, 0.1) is 6.26 Å². The fraction of sp³-hybridized carbons (Fsp3) is 0.154. The van der Waals surface area contributed by atoms with E-state index in [1.165, 1.54) is 6.26 Å². The molecule has 0 atom stereocenters. The van der Waals surface area contributed by atoms with E-state index < -0.39 is 0 Å². The second-order valence-electron chi connectivity index (χ2n) is 3.66. The third-order valence-corrected chi connectivity index (χ3v) is 2.31. The maximum Gasteiger partial charge on any atom is 0.291 e. The lowest BCUT2D eigenvalue weighted by molar-refractivity contribution is 0.0996. The summed E-state index contributed by atoms with van der Waals surface area (Å²) in [7, 11) is 1.88. The first-order valence-corrected chi connectivity index (χ1v) is 5.38. The van der Waals surface area contributed by atoms with Gasteiger partial charge in [-0.25, -0.2) is 0 Å². The second kappa shape index (κ2) is 5.32. The van der Waals surface area contributed by atoms with Crippen molar-refractivity contribution < 1.29 is 9.21 Å². The predicted octanol–water partition coefficient (Wildman–Crippen LogP) is 2.25. The molecule has 0 aliphatic carbocycles. The predicted molar refractivity (Wildman–Crippen MR) is 65.9 cm³/mol. The number of rotatable bonds is 4. The van der Waals surface area contributed by atoms with Gasteiger partial charge in [-0.2, -0.15) is 0 Å². The van der Waals surface area contributed by atoms with Crippen LogP contribution in [0.2, 0.25) is 0 Å². The van der Waals surface area contributed by atoms with Gasteiger partial charge in [0.1, 0.15) is 0 Å². The number of anilines is 1. The zero-order valence-corrected chi connectivity index (χ0v) is 9.57. The van der Waals surface area contributed by atoms with Crippen molar-refractivity contribution in [3.8, 4) is 0 Å². The summed E-state index contributed by atoms with van der Waals surface area (Å²) in [5, 5.41) is 5.84. The Bertz CT molecular complexity index is 492. The molecule has 1 amide bonds. The van der Waals surface area contributed by atoms with Crippen molar-refractivity contribution in [1.29, 1.82) is 0 Å². The van der Waals surface area contributed by atoms with E-state index in [9.17, 15) is 4.79 Å². The zero-order valence-electron chi connectivity index (χ0n) is 9.57. The Hall–Kier alpha value is -2.07. The van der Waals surface area contributed by atoms with E-state index in [1.54, 1.807) is 12.1 Å². The van der Waals surface area contributed by atoms with Crippen LogP contribution in [0.4, 0.5) is 5.69 Å². The molecule has 0 saturated heterocycles. The topological polar surface area (TPSA) is 54.3 Å². The lowest BCUT2D eigenvalue weighted by Gasteiger charge is -2.05. The van der Waals surface area contributed by atoms with Crippen LogP contribution in [0.1, 0.15) is 16.1 Å². The summed E-state index contributed by atoms with van der Waals surface area (Å²) in [5.74, 6) is 0.0700. The van der Waals surface area contributed by atoms with E-state index in [-0.39, 0.29) is 5.91 Å². The molecule has 0 aliphatic heterocycles. The summed E-state index contributed by atoms with van der Waals surface area (Å²) in [6, 6.07) is 11.0. The van der Waals surface area contributed by atoms with E-state index >= 15 is 0 Å². The number of carbonyl (C=O) groups is 1. The molecule has 2 N–H and O–H groups in total. The summed E-state index contributed by atoms with van der Waals surface area (Å²) in [6.07, 6.45) is 1.48. The van der Waals surface area contributed by atoms with Crippen LogP contribution in [-0.4, -0.2) is 13.0 Å². The molecule has 0 spiro atoms. The smallest absolute Gasteiger partial charge is 0.291 e. The first kappa shape index (κ1) is 11.4. The highest BCUT2D eigenvalue weighted by Crippen LogP contribution is 2.12. The lowest BCUT2D eigenvalue weighted by atomic mass is 10.2. The molecular formula is C13H14N2O2. The summed E-state index contributed by atoms with van der Waals surface area (Å²) in [5.41, 5.74) is 1.88. The van der Waals surface area contributed by atoms with Gasteiger partial charge < -0.3 is 15.1 Å². The van der Waals surface area contributed by atoms with Crippen molar-refractivity contribution in [2.75, 3.05) is 12.4 Å². The molecule has 2 rings (SSSR count). The Morgan fingerprint density at radius 2 is 2.18 bits per heavy atom. The molecule has 1 aromatic heterocycles. The van der Waals surface area contributed by atoms with Crippen molar-refractivity contribution >= 4 is 11.6 Å². The summed E-state index contributed by atoms with van der Waals surface area (Å²) in [4.78, 5) is 11.7. The minimum atomic E-state index is -0.239. The monoisotopic (exact) mass is 230 g/mol. The average Bonchev–Trinajstić information content (AvgIpc) is 2.83. The van der Waals surface area contributed by atoms with Gasteiger partial charge in [0, 0.05) is 12.2 Å². The Morgan fingerprint density at radius 3 is 2.88 bits per heavy atom. The number of hydrogen-bond acceptors (Lipinski definition) is 3. The standard InChI is InChI=1S/C13H14N2O2/c1-14-9-10-4-2-5-11(8-10)15-13(16)12-6-3-7-17-12/h2-8,14H,9H2,1H3,(H,15,16). The van der Waals surface area contributed by atoms with E-state index in [2.05, 4.69) is 10.6 Å². The van der Waals surface area contributed by atoms with E-state index in [0.29, 0.717) is 5.76 Å². The maximum absolute atomic E-state index is 11.7. The third-order valence-electron chi connectivity index (χ3n) is 2.31. The Kier molecular flexibility index (Phi) is 3.57. The number of carbonyl (C=O) groups excluding carboxylic acids is 1. The minimum absolute atomic E-state index is 0.239. The molecule has 0 bridgehead atoms. The molecule has 0 saturated carbocycles. The molecule has 0 unspecified atom stereocenters. The first-order valence-electron chi connectivity index (χ1n) is 5.38. The van der Waals surface area contributed by atoms with Crippen LogP contribution in [0.3, 0.4) is 0 Å². The average molecular weight is 230 g/mol. The van der Waals surface area contributed by atoms with Crippen molar-refractivity contribution in [2.24, 2.45) is 0 Å².